The second-order valence-electron chi connectivity index (χ2n) is 6.13. The summed E-state index contributed by atoms with van der Waals surface area (Å²) in [4.78, 5) is 12.6. The molecular formula is C16H21BrN4O2. The number of ether oxygens (including phenoxy) is 1. The number of nitrogens with zero attached hydrogens (tertiary/aromatic N) is 1. The topological polar surface area (TPSA) is 79.0 Å². The predicted molar refractivity (Wildman–Crippen MR) is 92.5 cm³/mol. The Bertz CT molecular complexity index is 689. The summed E-state index contributed by atoms with van der Waals surface area (Å²) in [6.07, 6.45) is 1.99. The minimum Gasteiger partial charge on any atom is -0.384 e. The minimum atomic E-state index is -0.150. The number of benzene rings is 1. The Labute approximate surface area is 143 Å². The maximum atomic E-state index is 12.6. The van der Waals surface area contributed by atoms with Gasteiger partial charge in [-0.3, -0.25) is 9.89 Å². The molecule has 0 atom stereocenters. The van der Waals surface area contributed by atoms with Crippen molar-refractivity contribution in [3.63, 3.8) is 0 Å². The van der Waals surface area contributed by atoms with E-state index in [1.165, 1.54) is 0 Å². The summed E-state index contributed by atoms with van der Waals surface area (Å²) in [7, 11) is 1.71. The maximum Gasteiger partial charge on any atom is 0.272 e. The van der Waals surface area contributed by atoms with Crippen LogP contribution in [0.1, 0.15) is 23.3 Å². The summed E-state index contributed by atoms with van der Waals surface area (Å²) >= 11 is 3.43. The molecule has 124 valence electrons. The molecule has 1 saturated heterocycles. The molecule has 7 heteroatoms. The molecule has 1 aromatic heterocycles. The molecule has 0 unspecified atom stereocenters. The van der Waals surface area contributed by atoms with Crippen LogP contribution in [-0.4, -0.2) is 49.5 Å². The average molecular weight is 381 g/mol. The summed E-state index contributed by atoms with van der Waals surface area (Å²) in [5.41, 5.74) is 1.29. The van der Waals surface area contributed by atoms with Crippen molar-refractivity contribution < 1.29 is 9.53 Å². The molecule has 6 nitrogen and oxygen atoms in total. The van der Waals surface area contributed by atoms with Crippen molar-refractivity contribution in [2.75, 3.05) is 33.4 Å². The van der Waals surface area contributed by atoms with Crippen LogP contribution in [-0.2, 0) is 4.74 Å². The first-order chi connectivity index (χ1) is 11.1. The van der Waals surface area contributed by atoms with Gasteiger partial charge in [-0.05, 0) is 44.1 Å². The summed E-state index contributed by atoms with van der Waals surface area (Å²) in [5, 5.41) is 14.3. The molecule has 23 heavy (non-hydrogen) atoms. The van der Waals surface area contributed by atoms with E-state index in [9.17, 15) is 4.79 Å². The number of H-pyrrole nitrogens is 1. The fourth-order valence-electron chi connectivity index (χ4n) is 3.15. The van der Waals surface area contributed by atoms with Crippen LogP contribution in [0.5, 0.6) is 0 Å². The van der Waals surface area contributed by atoms with Crippen LogP contribution in [0.3, 0.4) is 0 Å². The third-order valence-electron chi connectivity index (χ3n) is 4.48. The number of carbonyl (C=O) groups excluding carboxylic acids is 1. The van der Waals surface area contributed by atoms with Crippen molar-refractivity contribution in [2.24, 2.45) is 5.41 Å². The Kier molecular flexibility index (Phi) is 4.99. The number of rotatable bonds is 5. The average Bonchev–Trinajstić information content (AvgIpc) is 2.97. The zero-order chi connectivity index (χ0) is 16.3. The molecule has 1 aliphatic heterocycles. The number of amides is 1. The second kappa shape index (κ2) is 6.98. The van der Waals surface area contributed by atoms with Crippen LogP contribution < -0.4 is 10.6 Å². The lowest BCUT2D eigenvalue weighted by Gasteiger charge is -2.37. The molecule has 0 spiro atoms. The second-order valence-corrected chi connectivity index (χ2v) is 7.04. The van der Waals surface area contributed by atoms with E-state index in [4.69, 9.17) is 4.74 Å². The Morgan fingerprint density at radius 2 is 2.22 bits per heavy atom. The fourth-order valence-corrected chi connectivity index (χ4v) is 3.51. The highest BCUT2D eigenvalue weighted by Crippen LogP contribution is 2.28. The van der Waals surface area contributed by atoms with E-state index >= 15 is 0 Å². The van der Waals surface area contributed by atoms with Gasteiger partial charge < -0.3 is 15.4 Å². The number of hydrogen-bond donors (Lipinski definition) is 3. The van der Waals surface area contributed by atoms with Crippen molar-refractivity contribution >= 4 is 32.7 Å². The molecule has 2 aromatic rings. The Hall–Kier alpha value is -1.44. The predicted octanol–water partition coefficient (Wildman–Crippen LogP) is 2.07. The number of fused-ring (bicyclic) bond motifs is 1. The number of methoxy groups -OCH3 is 1. The van der Waals surface area contributed by atoms with Gasteiger partial charge in [-0.25, -0.2) is 0 Å². The van der Waals surface area contributed by atoms with Crippen LogP contribution in [0.4, 0.5) is 0 Å². The van der Waals surface area contributed by atoms with Crippen LogP contribution in [0, 0.1) is 5.41 Å². The zero-order valence-corrected chi connectivity index (χ0v) is 14.7. The number of carbonyl (C=O) groups is 1. The highest BCUT2D eigenvalue weighted by Gasteiger charge is 2.32. The lowest BCUT2D eigenvalue weighted by atomic mass is 9.79. The molecule has 1 fully saturated rings. The highest BCUT2D eigenvalue weighted by atomic mass is 79.9. The molecular weight excluding hydrogens is 360 g/mol. The quantitative estimate of drug-likeness (QED) is 0.741. The lowest BCUT2D eigenvalue weighted by Crippen LogP contribution is -2.47. The molecule has 1 amide bonds. The van der Waals surface area contributed by atoms with Crippen LogP contribution in [0.25, 0.3) is 10.9 Å². The van der Waals surface area contributed by atoms with E-state index in [0.717, 1.165) is 41.3 Å². The van der Waals surface area contributed by atoms with Crippen molar-refractivity contribution in [1.82, 2.24) is 20.8 Å². The van der Waals surface area contributed by atoms with Gasteiger partial charge in [0.2, 0.25) is 0 Å². The molecule has 3 rings (SSSR count). The minimum absolute atomic E-state index is 0.00234. The van der Waals surface area contributed by atoms with E-state index in [2.05, 4.69) is 36.8 Å². The third kappa shape index (κ3) is 3.57. The molecule has 0 bridgehead atoms. The first-order valence-electron chi connectivity index (χ1n) is 7.75. The largest absolute Gasteiger partial charge is 0.384 e. The van der Waals surface area contributed by atoms with Gasteiger partial charge in [-0.2, -0.15) is 5.10 Å². The number of aromatic nitrogens is 2. The number of hydrogen-bond acceptors (Lipinski definition) is 4. The van der Waals surface area contributed by atoms with Crippen molar-refractivity contribution in [1.29, 1.82) is 0 Å². The van der Waals surface area contributed by atoms with E-state index in [1.54, 1.807) is 7.11 Å². The Morgan fingerprint density at radius 1 is 1.43 bits per heavy atom. The van der Waals surface area contributed by atoms with Crippen LogP contribution in [0.2, 0.25) is 0 Å². The van der Waals surface area contributed by atoms with Crippen molar-refractivity contribution in [2.45, 2.75) is 12.8 Å². The molecule has 0 saturated carbocycles. The summed E-state index contributed by atoms with van der Waals surface area (Å²) in [6.45, 7) is 3.17. The summed E-state index contributed by atoms with van der Waals surface area (Å²) in [5.74, 6) is -0.150. The van der Waals surface area contributed by atoms with E-state index in [1.807, 2.05) is 18.2 Å². The number of halogens is 1. The molecule has 1 aromatic carbocycles. The number of piperidine rings is 1. The smallest absolute Gasteiger partial charge is 0.272 e. The van der Waals surface area contributed by atoms with E-state index in [-0.39, 0.29) is 11.3 Å². The highest BCUT2D eigenvalue weighted by molar-refractivity contribution is 9.10. The SMILES string of the molecule is COCC1(CNC(=O)c2n[nH]c3ccc(Br)cc23)CCNCC1. The summed E-state index contributed by atoms with van der Waals surface area (Å²) in [6, 6.07) is 5.73. The van der Waals surface area contributed by atoms with Crippen LogP contribution in [0.15, 0.2) is 22.7 Å². The molecule has 1 aliphatic rings. The molecule has 0 radical (unpaired) electrons. The molecule has 3 N–H and O–H groups in total. The van der Waals surface area contributed by atoms with Gasteiger partial charge in [0, 0.05) is 28.9 Å². The monoisotopic (exact) mass is 380 g/mol. The van der Waals surface area contributed by atoms with Gasteiger partial charge in [0.15, 0.2) is 5.69 Å². The number of aromatic amines is 1. The van der Waals surface area contributed by atoms with E-state index in [0.29, 0.717) is 18.8 Å². The van der Waals surface area contributed by atoms with Gasteiger partial charge in [0.25, 0.3) is 5.91 Å². The Balaban J connectivity index is 1.73. The first kappa shape index (κ1) is 16.4. The normalized spacial score (nSPS) is 17.3. The van der Waals surface area contributed by atoms with Crippen LogP contribution >= 0.6 is 15.9 Å². The van der Waals surface area contributed by atoms with Crippen molar-refractivity contribution in [3.05, 3.63) is 28.4 Å². The third-order valence-corrected chi connectivity index (χ3v) is 4.97. The molecule has 2 heterocycles. The fraction of sp³-hybridized carbons (Fsp3) is 0.500. The van der Waals surface area contributed by atoms with Gasteiger partial charge in [0.1, 0.15) is 0 Å². The van der Waals surface area contributed by atoms with Crippen molar-refractivity contribution in [3.8, 4) is 0 Å². The van der Waals surface area contributed by atoms with Gasteiger partial charge >= 0.3 is 0 Å². The van der Waals surface area contributed by atoms with E-state index < -0.39 is 0 Å². The standard InChI is InChI=1S/C16H21BrN4O2/c1-23-10-16(4-6-18-7-5-16)9-19-15(22)14-12-8-11(17)2-3-13(12)20-21-14/h2-3,8,18H,4-7,9-10H2,1H3,(H,19,22)(H,20,21). The van der Waals surface area contributed by atoms with Gasteiger partial charge in [0.05, 0.1) is 12.1 Å². The number of nitrogens with one attached hydrogen (secondary N) is 3. The summed E-state index contributed by atoms with van der Waals surface area (Å²) < 4.78 is 6.31. The lowest BCUT2D eigenvalue weighted by molar-refractivity contribution is 0.0511. The molecule has 0 aliphatic carbocycles. The maximum absolute atomic E-state index is 12.6. The van der Waals surface area contributed by atoms with Gasteiger partial charge in [-0.1, -0.05) is 15.9 Å². The first-order valence-corrected chi connectivity index (χ1v) is 8.54. The Morgan fingerprint density at radius 3 is 2.96 bits per heavy atom. The van der Waals surface area contributed by atoms with Gasteiger partial charge in [-0.15, -0.1) is 0 Å². The zero-order valence-electron chi connectivity index (χ0n) is 13.1.